The van der Waals surface area contributed by atoms with Crippen LogP contribution < -0.4 is 5.32 Å². The standard InChI is InChI=1S/C20H15ClN2O5/c1-12-10-18(28-23-12)22-17(24)11-27-20(26)16-5-3-2-4-15(16)19(25)13-6-8-14(21)9-7-13/h2-10H,11H2,1H3,(H,22,24). The van der Waals surface area contributed by atoms with Crippen LogP contribution in [-0.2, 0) is 9.53 Å². The van der Waals surface area contributed by atoms with Gasteiger partial charge in [0.1, 0.15) is 0 Å². The molecule has 1 aromatic heterocycles. The molecule has 0 saturated carbocycles. The number of halogens is 1. The fraction of sp³-hybridized carbons (Fsp3) is 0.100. The quantitative estimate of drug-likeness (QED) is 0.502. The number of carbonyl (C=O) groups is 3. The van der Waals surface area contributed by atoms with Gasteiger partial charge in [-0.2, -0.15) is 0 Å². The van der Waals surface area contributed by atoms with E-state index in [1.165, 1.54) is 18.2 Å². The first-order chi connectivity index (χ1) is 13.4. The average molecular weight is 399 g/mol. The van der Waals surface area contributed by atoms with Crippen LogP contribution in [0.25, 0.3) is 0 Å². The fourth-order valence-corrected chi connectivity index (χ4v) is 2.55. The van der Waals surface area contributed by atoms with Crippen LogP contribution in [-0.4, -0.2) is 29.4 Å². The number of ketones is 1. The maximum Gasteiger partial charge on any atom is 0.339 e. The molecule has 0 spiro atoms. The van der Waals surface area contributed by atoms with Gasteiger partial charge in [-0.3, -0.25) is 14.9 Å². The number of aromatic nitrogens is 1. The van der Waals surface area contributed by atoms with E-state index in [2.05, 4.69) is 10.5 Å². The van der Waals surface area contributed by atoms with Crippen LogP contribution >= 0.6 is 11.6 Å². The topological polar surface area (TPSA) is 98.5 Å². The van der Waals surface area contributed by atoms with Gasteiger partial charge in [0.15, 0.2) is 12.4 Å². The van der Waals surface area contributed by atoms with Gasteiger partial charge in [0.25, 0.3) is 5.91 Å². The SMILES string of the molecule is Cc1cc(NC(=O)COC(=O)c2ccccc2C(=O)c2ccc(Cl)cc2)on1. The Morgan fingerprint density at radius 3 is 2.39 bits per heavy atom. The lowest BCUT2D eigenvalue weighted by atomic mass is 9.98. The van der Waals surface area contributed by atoms with E-state index in [1.54, 1.807) is 43.3 Å². The fourth-order valence-electron chi connectivity index (χ4n) is 2.42. The second-order valence-corrected chi connectivity index (χ2v) is 6.27. The zero-order chi connectivity index (χ0) is 20.1. The summed E-state index contributed by atoms with van der Waals surface area (Å²) in [4.78, 5) is 37.0. The van der Waals surface area contributed by atoms with E-state index in [0.29, 0.717) is 16.3 Å². The lowest BCUT2D eigenvalue weighted by Crippen LogP contribution is -2.21. The third-order valence-corrected chi connectivity index (χ3v) is 3.97. The molecule has 0 aliphatic carbocycles. The van der Waals surface area contributed by atoms with E-state index in [0.717, 1.165) is 0 Å². The van der Waals surface area contributed by atoms with Crippen LogP contribution in [0, 0.1) is 6.92 Å². The van der Waals surface area contributed by atoms with Crippen molar-refractivity contribution < 1.29 is 23.6 Å². The van der Waals surface area contributed by atoms with Crippen LogP contribution in [0.2, 0.25) is 5.02 Å². The van der Waals surface area contributed by atoms with Crippen molar-refractivity contribution in [3.05, 3.63) is 82.0 Å². The molecule has 0 aliphatic rings. The third-order valence-electron chi connectivity index (χ3n) is 3.72. The lowest BCUT2D eigenvalue weighted by Gasteiger charge is -2.09. The Morgan fingerprint density at radius 1 is 1.07 bits per heavy atom. The van der Waals surface area contributed by atoms with Crippen molar-refractivity contribution >= 4 is 35.1 Å². The number of aryl methyl sites for hydroxylation is 1. The van der Waals surface area contributed by atoms with Gasteiger partial charge in [0, 0.05) is 22.2 Å². The molecule has 2 aromatic carbocycles. The van der Waals surface area contributed by atoms with Crippen molar-refractivity contribution in [1.29, 1.82) is 0 Å². The van der Waals surface area contributed by atoms with Gasteiger partial charge in [-0.05, 0) is 37.3 Å². The molecular weight excluding hydrogens is 384 g/mol. The Hall–Kier alpha value is -3.45. The predicted octanol–water partition coefficient (Wildman–Crippen LogP) is 3.66. The Kier molecular flexibility index (Phi) is 5.86. The summed E-state index contributed by atoms with van der Waals surface area (Å²) in [6.07, 6.45) is 0. The molecule has 1 amide bonds. The number of carbonyl (C=O) groups excluding carboxylic acids is 3. The van der Waals surface area contributed by atoms with Crippen molar-refractivity contribution in [2.24, 2.45) is 0 Å². The van der Waals surface area contributed by atoms with Crippen molar-refractivity contribution in [3.63, 3.8) is 0 Å². The molecule has 0 saturated heterocycles. The molecule has 3 rings (SSSR count). The first-order valence-electron chi connectivity index (χ1n) is 8.23. The largest absolute Gasteiger partial charge is 0.452 e. The molecule has 3 aromatic rings. The van der Waals surface area contributed by atoms with E-state index < -0.39 is 18.5 Å². The zero-order valence-corrected chi connectivity index (χ0v) is 15.5. The summed E-state index contributed by atoms with van der Waals surface area (Å²) < 4.78 is 9.89. The first kappa shape index (κ1) is 19.3. The van der Waals surface area contributed by atoms with Crippen LogP contribution in [0.3, 0.4) is 0 Å². The number of nitrogens with zero attached hydrogens (tertiary/aromatic N) is 1. The minimum atomic E-state index is -0.790. The van der Waals surface area contributed by atoms with E-state index in [9.17, 15) is 14.4 Å². The van der Waals surface area contributed by atoms with E-state index in [1.807, 2.05) is 0 Å². The smallest absolute Gasteiger partial charge is 0.339 e. The molecule has 28 heavy (non-hydrogen) atoms. The Balaban J connectivity index is 1.69. The molecule has 0 aliphatic heterocycles. The summed E-state index contributed by atoms with van der Waals surface area (Å²) in [5.41, 5.74) is 1.21. The van der Waals surface area contributed by atoms with Crippen LogP contribution in [0.4, 0.5) is 5.88 Å². The summed E-state index contributed by atoms with van der Waals surface area (Å²) in [6, 6.07) is 14.1. The highest BCUT2D eigenvalue weighted by atomic mass is 35.5. The number of rotatable bonds is 6. The van der Waals surface area contributed by atoms with Gasteiger partial charge in [-0.15, -0.1) is 0 Å². The van der Waals surface area contributed by atoms with Crippen LogP contribution in [0.15, 0.2) is 59.1 Å². The van der Waals surface area contributed by atoms with Gasteiger partial charge in [-0.1, -0.05) is 35.0 Å². The number of amides is 1. The second-order valence-electron chi connectivity index (χ2n) is 5.84. The molecule has 7 nitrogen and oxygen atoms in total. The van der Waals surface area contributed by atoms with Gasteiger partial charge in [0.2, 0.25) is 5.88 Å². The molecule has 0 fully saturated rings. The summed E-state index contributed by atoms with van der Waals surface area (Å²) >= 11 is 5.84. The molecule has 0 unspecified atom stereocenters. The monoisotopic (exact) mass is 398 g/mol. The summed E-state index contributed by atoms with van der Waals surface area (Å²) in [6.45, 7) is 1.16. The Morgan fingerprint density at radius 2 is 1.75 bits per heavy atom. The van der Waals surface area contributed by atoms with E-state index in [-0.39, 0.29) is 22.8 Å². The number of ether oxygens (including phenoxy) is 1. The third kappa shape index (κ3) is 4.63. The highest BCUT2D eigenvalue weighted by molar-refractivity contribution is 6.30. The zero-order valence-electron chi connectivity index (χ0n) is 14.8. The summed E-state index contributed by atoms with van der Waals surface area (Å²) in [7, 11) is 0. The van der Waals surface area contributed by atoms with E-state index in [4.69, 9.17) is 20.9 Å². The highest BCUT2D eigenvalue weighted by Gasteiger charge is 2.20. The second kappa shape index (κ2) is 8.49. The van der Waals surface area contributed by atoms with E-state index >= 15 is 0 Å². The Bertz CT molecular complexity index is 1030. The predicted molar refractivity (Wildman–Crippen MR) is 101 cm³/mol. The number of anilines is 1. The number of nitrogens with one attached hydrogen (secondary N) is 1. The Labute approximate surface area is 165 Å². The number of hydrogen-bond donors (Lipinski definition) is 1. The maximum absolute atomic E-state index is 12.7. The van der Waals surface area contributed by atoms with Crippen molar-refractivity contribution in [3.8, 4) is 0 Å². The number of esters is 1. The minimum Gasteiger partial charge on any atom is -0.452 e. The number of hydrogen-bond acceptors (Lipinski definition) is 6. The van der Waals surface area contributed by atoms with Crippen LogP contribution in [0.1, 0.15) is 32.0 Å². The van der Waals surface area contributed by atoms with Crippen LogP contribution in [0.5, 0.6) is 0 Å². The van der Waals surface area contributed by atoms with Crippen molar-refractivity contribution in [1.82, 2.24) is 5.16 Å². The number of benzene rings is 2. The maximum atomic E-state index is 12.7. The molecule has 0 bridgehead atoms. The lowest BCUT2D eigenvalue weighted by molar-refractivity contribution is -0.119. The van der Waals surface area contributed by atoms with Gasteiger partial charge in [-0.25, -0.2) is 4.79 Å². The molecular formula is C20H15ClN2O5. The molecule has 1 N–H and O–H groups in total. The molecule has 142 valence electrons. The molecule has 0 radical (unpaired) electrons. The first-order valence-corrected chi connectivity index (χ1v) is 8.61. The van der Waals surface area contributed by atoms with Gasteiger partial charge < -0.3 is 9.26 Å². The minimum absolute atomic E-state index is 0.0609. The van der Waals surface area contributed by atoms with Gasteiger partial charge >= 0.3 is 5.97 Å². The van der Waals surface area contributed by atoms with Gasteiger partial charge in [0.05, 0.1) is 11.3 Å². The molecule has 0 atom stereocenters. The summed E-state index contributed by atoms with van der Waals surface area (Å²) in [5, 5.41) is 6.55. The van der Waals surface area contributed by atoms with Crippen molar-refractivity contribution in [2.75, 3.05) is 11.9 Å². The normalized spacial score (nSPS) is 10.4. The molecule has 8 heteroatoms. The molecule has 1 heterocycles. The summed E-state index contributed by atoms with van der Waals surface area (Å²) in [5.74, 6) is -1.59. The average Bonchev–Trinajstić information content (AvgIpc) is 3.10. The van der Waals surface area contributed by atoms with Crippen molar-refractivity contribution in [2.45, 2.75) is 6.92 Å². The highest BCUT2D eigenvalue weighted by Crippen LogP contribution is 2.18.